The Bertz CT molecular complexity index is 870. The van der Waals surface area contributed by atoms with Crippen molar-refractivity contribution in [2.24, 2.45) is 0 Å². The Labute approximate surface area is 118 Å². The van der Waals surface area contributed by atoms with E-state index in [-0.39, 0.29) is 12.5 Å². The van der Waals surface area contributed by atoms with Crippen molar-refractivity contribution in [3.8, 4) is 11.5 Å². The highest BCUT2D eigenvalue weighted by molar-refractivity contribution is 5.50. The van der Waals surface area contributed by atoms with Crippen molar-refractivity contribution in [2.75, 3.05) is 12.1 Å². The number of nitrogens with one attached hydrogen (secondary N) is 2. The standard InChI is InChI=1S/C13H11N5O3/c19-13-16-15-11-5-4-10(17-18(11)13)14-6-8-2-1-3-9-12(8)21-7-20-9/h1-5H,6-7H2,(H,14,17)(H,16,19). The molecule has 2 aromatic heterocycles. The number of aromatic nitrogens is 4. The number of H-pyrrole nitrogens is 1. The van der Waals surface area contributed by atoms with Crippen LogP contribution in [0.15, 0.2) is 35.1 Å². The van der Waals surface area contributed by atoms with Crippen molar-refractivity contribution in [1.82, 2.24) is 19.8 Å². The lowest BCUT2D eigenvalue weighted by Crippen LogP contribution is -2.14. The maximum atomic E-state index is 11.5. The minimum Gasteiger partial charge on any atom is -0.454 e. The van der Waals surface area contributed by atoms with E-state index in [0.29, 0.717) is 18.0 Å². The lowest BCUT2D eigenvalue weighted by molar-refractivity contribution is 0.173. The average Bonchev–Trinajstić information content (AvgIpc) is 3.12. The molecule has 0 atom stereocenters. The van der Waals surface area contributed by atoms with Gasteiger partial charge in [0.1, 0.15) is 5.82 Å². The van der Waals surface area contributed by atoms with Crippen LogP contribution in [-0.4, -0.2) is 26.6 Å². The normalized spacial score (nSPS) is 12.8. The van der Waals surface area contributed by atoms with Crippen LogP contribution in [0.2, 0.25) is 0 Å². The first-order chi connectivity index (χ1) is 10.3. The molecule has 0 radical (unpaired) electrons. The number of benzene rings is 1. The maximum absolute atomic E-state index is 11.5. The van der Waals surface area contributed by atoms with Crippen molar-refractivity contribution in [3.63, 3.8) is 0 Å². The van der Waals surface area contributed by atoms with Gasteiger partial charge in [0, 0.05) is 12.1 Å². The quantitative estimate of drug-likeness (QED) is 0.738. The summed E-state index contributed by atoms with van der Waals surface area (Å²) in [6.07, 6.45) is 0. The van der Waals surface area contributed by atoms with Crippen LogP contribution in [-0.2, 0) is 6.54 Å². The molecule has 1 aliphatic heterocycles. The SMILES string of the molecule is O=c1[nH]nc2ccc(NCc3cccc4c3OCO4)nn12. The van der Waals surface area contributed by atoms with Crippen LogP contribution in [0.3, 0.4) is 0 Å². The molecule has 0 spiro atoms. The van der Waals surface area contributed by atoms with E-state index in [1.165, 1.54) is 4.52 Å². The molecular weight excluding hydrogens is 274 g/mol. The highest BCUT2D eigenvalue weighted by Gasteiger charge is 2.16. The zero-order valence-corrected chi connectivity index (χ0v) is 10.9. The van der Waals surface area contributed by atoms with Crippen LogP contribution < -0.4 is 20.5 Å². The monoisotopic (exact) mass is 285 g/mol. The Morgan fingerprint density at radius 1 is 1.29 bits per heavy atom. The van der Waals surface area contributed by atoms with E-state index in [1.807, 2.05) is 18.2 Å². The number of ether oxygens (including phenoxy) is 2. The van der Waals surface area contributed by atoms with Crippen LogP contribution >= 0.6 is 0 Å². The van der Waals surface area contributed by atoms with E-state index in [2.05, 4.69) is 20.6 Å². The minimum absolute atomic E-state index is 0.237. The third kappa shape index (κ3) is 1.97. The summed E-state index contributed by atoms with van der Waals surface area (Å²) in [5, 5.41) is 13.5. The molecule has 0 amide bonds. The van der Waals surface area contributed by atoms with Crippen molar-refractivity contribution >= 4 is 11.5 Å². The van der Waals surface area contributed by atoms with Gasteiger partial charge in [0.2, 0.25) is 6.79 Å². The lowest BCUT2D eigenvalue weighted by atomic mass is 10.2. The number of aromatic amines is 1. The Kier molecular flexibility index (Phi) is 2.53. The first-order valence-corrected chi connectivity index (χ1v) is 6.37. The number of hydrogen-bond acceptors (Lipinski definition) is 6. The Balaban J connectivity index is 1.60. The molecule has 21 heavy (non-hydrogen) atoms. The molecule has 1 aromatic carbocycles. The Hall–Kier alpha value is -3.03. The molecule has 4 rings (SSSR count). The summed E-state index contributed by atoms with van der Waals surface area (Å²) in [7, 11) is 0. The van der Waals surface area contributed by atoms with Gasteiger partial charge in [-0.25, -0.2) is 9.89 Å². The maximum Gasteiger partial charge on any atom is 0.364 e. The molecule has 0 saturated heterocycles. The van der Waals surface area contributed by atoms with E-state index in [4.69, 9.17) is 9.47 Å². The molecule has 0 aliphatic carbocycles. The summed E-state index contributed by atoms with van der Waals surface area (Å²) < 4.78 is 12.0. The zero-order chi connectivity index (χ0) is 14.2. The minimum atomic E-state index is -0.369. The first kappa shape index (κ1) is 11.8. The molecule has 3 heterocycles. The van der Waals surface area contributed by atoms with E-state index in [9.17, 15) is 4.79 Å². The van der Waals surface area contributed by atoms with Gasteiger partial charge >= 0.3 is 5.69 Å². The average molecular weight is 285 g/mol. The second kappa shape index (κ2) is 4.51. The zero-order valence-electron chi connectivity index (χ0n) is 10.9. The largest absolute Gasteiger partial charge is 0.454 e. The van der Waals surface area contributed by atoms with E-state index >= 15 is 0 Å². The number of nitrogens with zero attached hydrogens (tertiary/aromatic N) is 3. The molecule has 106 valence electrons. The van der Waals surface area contributed by atoms with Gasteiger partial charge in [0.05, 0.1) is 0 Å². The Morgan fingerprint density at radius 3 is 3.19 bits per heavy atom. The van der Waals surface area contributed by atoms with Gasteiger partial charge in [-0.1, -0.05) is 12.1 Å². The fraction of sp³-hybridized carbons (Fsp3) is 0.154. The summed E-state index contributed by atoms with van der Waals surface area (Å²) in [5.41, 5.74) is 1.07. The van der Waals surface area contributed by atoms with Crippen molar-refractivity contribution in [3.05, 3.63) is 46.4 Å². The molecule has 8 heteroatoms. The van der Waals surface area contributed by atoms with E-state index in [1.54, 1.807) is 12.1 Å². The molecule has 2 N–H and O–H groups in total. The summed E-state index contributed by atoms with van der Waals surface area (Å²) in [6, 6.07) is 9.18. The van der Waals surface area contributed by atoms with Crippen molar-refractivity contribution < 1.29 is 9.47 Å². The number of hydrogen-bond donors (Lipinski definition) is 2. The van der Waals surface area contributed by atoms with Crippen LogP contribution in [0.5, 0.6) is 11.5 Å². The highest BCUT2D eigenvalue weighted by Crippen LogP contribution is 2.35. The van der Waals surface area contributed by atoms with Gasteiger partial charge in [-0.2, -0.15) is 9.61 Å². The van der Waals surface area contributed by atoms with Gasteiger partial charge in [-0.15, -0.1) is 5.10 Å². The van der Waals surface area contributed by atoms with Crippen molar-refractivity contribution in [2.45, 2.75) is 6.54 Å². The van der Waals surface area contributed by atoms with Gasteiger partial charge in [0.25, 0.3) is 0 Å². The van der Waals surface area contributed by atoms with Crippen LogP contribution in [0.25, 0.3) is 5.65 Å². The van der Waals surface area contributed by atoms with Crippen molar-refractivity contribution in [1.29, 1.82) is 0 Å². The molecule has 8 nitrogen and oxygen atoms in total. The van der Waals surface area contributed by atoms with Gasteiger partial charge < -0.3 is 14.8 Å². The van der Waals surface area contributed by atoms with Gasteiger partial charge in [-0.3, -0.25) is 0 Å². The topological polar surface area (TPSA) is 93.5 Å². The second-order valence-corrected chi connectivity index (χ2v) is 4.52. The first-order valence-electron chi connectivity index (χ1n) is 6.37. The summed E-state index contributed by atoms with van der Waals surface area (Å²) >= 11 is 0. The molecular formula is C13H11N5O3. The predicted octanol–water partition coefficient (Wildman–Crippen LogP) is 0.758. The van der Waals surface area contributed by atoms with E-state index in [0.717, 1.165) is 17.1 Å². The molecule has 0 fully saturated rings. The van der Waals surface area contributed by atoms with E-state index < -0.39 is 0 Å². The number of rotatable bonds is 3. The molecule has 0 saturated carbocycles. The number of fused-ring (bicyclic) bond motifs is 2. The lowest BCUT2D eigenvalue weighted by Gasteiger charge is -2.08. The number of anilines is 1. The molecule has 3 aromatic rings. The molecule has 0 unspecified atom stereocenters. The predicted molar refractivity (Wildman–Crippen MR) is 73.5 cm³/mol. The Morgan fingerprint density at radius 2 is 2.24 bits per heavy atom. The number of para-hydroxylation sites is 1. The third-order valence-electron chi connectivity index (χ3n) is 3.21. The summed E-state index contributed by atoms with van der Waals surface area (Å²) in [5.74, 6) is 2.05. The van der Waals surface area contributed by atoms with Crippen LogP contribution in [0.1, 0.15) is 5.56 Å². The highest BCUT2D eigenvalue weighted by atomic mass is 16.7. The third-order valence-corrected chi connectivity index (χ3v) is 3.21. The van der Waals surface area contributed by atoms with Gasteiger partial charge in [-0.05, 0) is 18.2 Å². The smallest absolute Gasteiger partial charge is 0.364 e. The molecule has 1 aliphatic rings. The summed E-state index contributed by atoms with van der Waals surface area (Å²) in [4.78, 5) is 11.5. The van der Waals surface area contributed by atoms with Gasteiger partial charge in [0.15, 0.2) is 17.1 Å². The van der Waals surface area contributed by atoms with Crippen LogP contribution in [0.4, 0.5) is 5.82 Å². The fourth-order valence-corrected chi connectivity index (χ4v) is 2.21. The second-order valence-electron chi connectivity index (χ2n) is 4.52. The molecule has 0 bridgehead atoms. The fourth-order valence-electron chi connectivity index (χ4n) is 2.21. The summed E-state index contributed by atoms with van der Waals surface area (Å²) in [6.45, 7) is 0.749. The van der Waals surface area contributed by atoms with Crippen LogP contribution in [0, 0.1) is 0 Å².